The molecule has 4 N–H and O–H groups in total. The molecule has 11 heteroatoms. The van der Waals surface area contributed by atoms with Gasteiger partial charge in [-0.15, -0.1) is 0 Å². The van der Waals surface area contributed by atoms with Crippen LogP contribution in [0.25, 0.3) is 0 Å². The van der Waals surface area contributed by atoms with Crippen LogP contribution in [0.2, 0.25) is 5.02 Å². The number of nitrogens with zero attached hydrogens (tertiary/aromatic N) is 4. The molecule has 1 spiro atoms. The number of fused-ring (bicyclic) bond motifs is 1. The fourth-order valence-corrected chi connectivity index (χ4v) is 7.55. The van der Waals surface area contributed by atoms with E-state index in [1.54, 1.807) is 12.3 Å². The summed E-state index contributed by atoms with van der Waals surface area (Å²) in [6.45, 7) is 9.25. The molecule has 3 heterocycles. The van der Waals surface area contributed by atoms with Gasteiger partial charge in [0.15, 0.2) is 5.82 Å². The maximum Gasteiger partial charge on any atom is 0.153 e. The van der Waals surface area contributed by atoms with Crippen molar-refractivity contribution >= 4 is 46.0 Å². The van der Waals surface area contributed by atoms with Crippen molar-refractivity contribution in [3.05, 3.63) is 64.1 Å². The highest BCUT2D eigenvalue weighted by atomic mass is 35.5. The van der Waals surface area contributed by atoms with Gasteiger partial charge in [-0.2, -0.15) is 0 Å². The van der Waals surface area contributed by atoms with Crippen molar-refractivity contribution < 1.29 is 9.32 Å². The highest BCUT2D eigenvalue weighted by Gasteiger charge is 2.49. The van der Waals surface area contributed by atoms with Crippen LogP contribution in [0.1, 0.15) is 62.2 Å². The van der Waals surface area contributed by atoms with Crippen molar-refractivity contribution in [2.45, 2.75) is 74.3 Å². The molecule has 8 nitrogen and oxygen atoms in total. The molecule has 0 bridgehead atoms. The smallest absolute Gasteiger partial charge is 0.153 e. The molecule has 1 aliphatic carbocycles. The van der Waals surface area contributed by atoms with Gasteiger partial charge < -0.3 is 15.7 Å². The maximum absolute atomic E-state index is 13.2. The second-order valence-electron chi connectivity index (χ2n) is 11.3. The predicted octanol–water partition coefficient (Wildman–Crippen LogP) is 4.99. The average molecular weight is 587 g/mol. The van der Waals surface area contributed by atoms with Crippen molar-refractivity contribution in [1.82, 2.24) is 19.7 Å². The number of nitrogens with two attached hydrogens (primary N) is 1. The Morgan fingerprint density at radius 3 is 2.64 bits per heavy atom. The van der Waals surface area contributed by atoms with E-state index in [1.165, 1.54) is 22.9 Å². The topological polar surface area (TPSA) is 117 Å². The van der Waals surface area contributed by atoms with E-state index in [4.69, 9.17) is 27.3 Å². The standard InChI is InChI=1S/C28H35ClN6O2S2/c1-17-26(38-21-9-12-31-24(30)22(21)29)33-20(16-36)25(32-17)35-13-10-28(11-14-35)15-18-7-5-6-8-19(18)23(28)34-39(37)27(2,3)4/h5-9,12,23,34,36H,10-11,13-16H2,1-4H3,(H2,30,31)/t23-,39+/m1/s1. The number of aliphatic hydroxyl groups is 1. The largest absolute Gasteiger partial charge is 0.390 e. The van der Waals surface area contributed by atoms with Crippen molar-refractivity contribution in [2.75, 3.05) is 23.7 Å². The number of halogens is 1. The Labute approximate surface area is 241 Å². The Hall–Kier alpha value is -2.24. The number of aromatic nitrogens is 3. The molecule has 5 rings (SSSR count). The number of benzene rings is 1. The van der Waals surface area contributed by atoms with Crippen molar-refractivity contribution in [1.29, 1.82) is 0 Å². The number of piperidine rings is 1. The number of nitrogen functional groups attached to an aromatic ring is 1. The van der Waals surface area contributed by atoms with E-state index in [2.05, 4.69) is 38.9 Å². The van der Waals surface area contributed by atoms with E-state index in [0.29, 0.717) is 21.6 Å². The first-order valence-electron chi connectivity index (χ1n) is 13.1. The maximum atomic E-state index is 13.2. The highest BCUT2D eigenvalue weighted by molar-refractivity contribution is 7.99. The summed E-state index contributed by atoms with van der Waals surface area (Å²) in [4.78, 5) is 16.7. The van der Waals surface area contributed by atoms with Gasteiger partial charge in [0.25, 0.3) is 0 Å². The monoisotopic (exact) mass is 586 g/mol. The molecule has 1 aromatic carbocycles. The number of aryl methyl sites for hydroxylation is 1. The molecule has 1 aliphatic heterocycles. The van der Waals surface area contributed by atoms with Gasteiger partial charge in [0.2, 0.25) is 0 Å². The summed E-state index contributed by atoms with van der Waals surface area (Å²) in [7, 11) is -1.18. The third kappa shape index (κ3) is 5.54. The number of aliphatic hydroxyl groups excluding tert-OH is 1. The molecule has 2 aliphatic rings. The summed E-state index contributed by atoms with van der Waals surface area (Å²) in [5.41, 5.74) is 9.72. The van der Waals surface area contributed by atoms with Gasteiger partial charge >= 0.3 is 0 Å². The van der Waals surface area contributed by atoms with Gasteiger partial charge in [-0.05, 0) is 69.6 Å². The van der Waals surface area contributed by atoms with Crippen LogP contribution in [0.4, 0.5) is 11.6 Å². The highest BCUT2D eigenvalue weighted by Crippen LogP contribution is 2.52. The molecule has 0 amide bonds. The second kappa shape index (κ2) is 11.0. The minimum Gasteiger partial charge on any atom is -0.390 e. The number of pyridine rings is 1. The fourth-order valence-electron chi connectivity index (χ4n) is 5.49. The normalized spacial score (nSPS) is 19.3. The van der Waals surface area contributed by atoms with Crippen LogP contribution in [0.3, 0.4) is 0 Å². The molecule has 3 aromatic rings. The lowest BCUT2D eigenvalue weighted by molar-refractivity contribution is 0.176. The molecule has 208 valence electrons. The summed E-state index contributed by atoms with van der Waals surface area (Å²) in [6, 6.07) is 10.3. The Bertz CT molecular complexity index is 1410. The van der Waals surface area contributed by atoms with Crippen LogP contribution < -0.4 is 15.4 Å². The second-order valence-corrected chi connectivity index (χ2v) is 14.7. The lowest BCUT2D eigenvalue weighted by Gasteiger charge is -2.44. The van der Waals surface area contributed by atoms with E-state index in [-0.39, 0.29) is 28.6 Å². The molecular formula is C28H35ClN6O2S2. The number of nitrogens with one attached hydrogen (secondary N) is 1. The summed E-state index contributed by atoms with van der Waals surface area (Å²) < 4.78 is 16.4. The minimum absolute atomic E-state index is 0.0253. The summed E-state index contributed by atoms with van der Waals surface area (Å²) in [5, 5.41) is 11.3. The summed E-state index contributed by atoms with van der Waals surface area (Å²) in [5.74, 6) is 0.981. The molecule has 1 fully saturated rings. The number of hydrogen-bond donors (Lipinski definition) is 3. The first-order valence-corrected chi connectivity index (χ1v) is 15.4. The van der Waals surface area contributed by atoms with Gasteiger partial charge in [0.05, 0.1) is 39.1 Å². The van der Waals surface area contributed by atoms with E-state index in [0.717, 1.165) is 42.9 Å². The molecule has 0 radical (unpaired) electrons. The third-order valence-electron chi connectivity index (χ3n) is 7.68. The van der Waals surface area contributed by atoms with Crippen LogP contribution in [-0.4, -0.2) is 42.1 Å². The molecule has 0 unspecified atom stereocenters. The van der Waals surface area contributed by atoms with Crippen LogP contribution >= 0.6 is 23.4 Å². The zero-order valence-corrected chi connectivity index (χ0v) is 25.1. The van der Waals surface area contributed by atoms with E-state index in [1.807, 2.05) is 27.7 Å². The molecule has 2 aromatic heterocycles. The molecule has 39 heavy (non-hydrogen) atoms. The fraction of sp³-hybridized carbons (Fsp3) is 0.464. The zero-order valence-electron chi connectivity index (χ0n) is 22.7. The Kier molecular flexibility index (Phi) is 7.96. The third-order valence-corrected chi connectivity index (χ3v) is 10.9. The van der Waals surface area contributed by atoms with Crippen LogP contribution in [0.15, 0.2) is 46.5 Å². The van der Waals surface area contributed by atoms with Gasteiger partial charge in [-0.25, -0.2) is 23.9 Å². The van der Waals surface area contributed by atoms with Crippen LogP contribution in [0.5, 0.6) is 0 Å². The quantitative estimate of drug-likeness (QED) is 0.370. The predicted molar refractivity (Wildman–Crippen MR) is 158 cm³/mol. The summed E-state index contributed by atoms with van der Waals surface area (Å²) >= 11 is 7.71. The van der Waals surface area contributed by atoms with Gasteiger partial charge in [-0.3, -0.25) is 0 Å². The minimum atomic E-state index is -1.18. The van der Waals surface area contributed by atoms with Gasteiger partial charge in [-0.1, -0.05) is 47.6 Å². The summed E-state index contributed by atoms with van der Waals surface area (Å²) in [6.07, 6.45) is 4.39. The van der Waals surface area contributed by atoms with Crippen LogP contribution in [-0.2, 0) is 24.0 Å². The zero-order chi connectivity index (χ0) is 27.9. The van der Waals surface area contributed by atoms with Gasteiger partial charge in [0.1, 0.15) is 16.5 Å². The Morgan fingerprint density at radius 1 is 1.23 bits per heavy atom. The number of anilines is 2. The molecule has 2 atom stereocenters. The molecule has 1 saturated heterocycles. The average Bonchev–Trinajstić information content (AvgIpc) is 3.20. The van der Waals surface area contributed by atoms with Gasteiger partial charge in [0, 0.05) is 24.2 Å². The first kappa shape index (κ1) is 28.3. The van der Waals surface area contributed by atoms with Crippen molar-refractivity contribution in [2.24, 2.45) is 5.41 Å². The van der Waals surface area contributed by atoms with E-state index in [9.17, 15) is 9.32 Å². The van der Waals surface area contributed by atoms with E-state index < -0.39 is 11.0 Å². The Morgan fingerprint density at radius 2 is 1.95 bits per heavy atom. The number of rotatable bonds is 6. The van der Waals surface area contributed by atoms with Crippen molar-refractivity contribution in [3.63, 3.8) is 0 Å². The Balaban J connectivity index is 1.38. The van der Waals surface area contributed by atoms with Crippen molar-refractivity contribution in [3.8, 4) is 0 Å². The first-order chi connectivity index (χ1) is 18.5. The molecule has 0 saturated carbocycles. The lowest BCUT2D eigenvalue weighted by Crippen LogP contribution is -2.48. The number of hydrogen-bond acceptors (Lipinski definition) is 8. The van der Waals surface area contributed by atoms with E-state index >= 15 is 0 Å². The van der Waals surface area contributed by atoms with Crippen LogP contribution in [0, 0.1) is 12.3 Å². The lowest BCUT2D eigenvalue weighted by atomic mass is 9.73. The SMILES string of the molecule is Cc1nc(N2CCC3(CC2)Cc2ccccc2[C@H]3N[S@@](=O)C(C)(C)C)c(CO)nc1Sc1ccnc(N)c1Cl. The molecular weight excluding hydrogens is 552 g/mol.